The monoisotopic (exact) mass is 521 g/mol. The van der Waals surface area contributed by atoms with Gasteiger partial charge in [0.25, 0.3) is 5.91 Å². The second-order valence-electron chi connectivity index (χ2n) is 10.5. The Bertz CT molecular complexity index is 1380. The van der Waals surface area contributed by atoms with Crippen molar-refractivity contribution in [2.75, 3.05) is 44.4 Å². The second-order valence-corrected chi connectivity index (χ2v) is 10.5. The highest BCUT2D eigenvalue weighted by Gasteiger charge is 2.26. The number of hydrogen-bond donors (Lipinski definition) is 2. The molecule has 1 aromatic heterocycles. The normalized spacial score (nSPS) is 19.4. The molecular weight excluding hydrogens is 488 g/mol. The van der Waals surface area contributed by atoms with E-state index in [1.807, 2.05) is 32.3 Å². The number of halogens is 2. The molecule has 0 bridgehead atoms. The van der Waals surface area contributed by atoms with Gasteiger partial charge in [-0.25, -0.2) is 9.37 Å². The molecule has 3 heterocycles. The molecule has 1 amide bonds. The molecule has 1 saturated heterocycles. The highest BCUT2D eigenvalue weighted by molar-refractivity contribution is 5.98. The number of fused-ring (bicyclic) bond motifs is 1. The number of nitrogens with two attached hydrogens (primary N) is 1. The van der Waals surface area contributed by atoms with Crippen LogP contribution in [-0.4, -0.2) is 61.7 Å². The molecule has 9 heteroatoms. The summed E-state index contributed by atoms with van der Waals surface area (Å²) in [5.41, 5.74) is 10.7. The third kappa shape index (κ3) is 5.08. The van der Waals surface area contributed by atoms with Crippen molar-refractivity contribution in [3.8, 4) is 22.3 Å². The summed E-state index contributed by atoms with van der Waals surface area (Å²) in [5, 5.41) is 2.66. The van der Waals surface area contributed by atoms with Crippen molar-refractivity contribution in [1.82, 2.24) is 15.2 Å². The molecule has 200 valence electrons. The smallest absolute Gasteiger partial charge is 0.254 e. The van der Waals surface area contributed by atoms with Gasteiger partial charge in [-0.2, -0.15) is 4.39 Å². The molecule has 0 saturated carbocycles. The average molecular weight is 522 g/mol. The molecule has 0 aliphatic carbocycles. The van der Waals surface area contributed by atoms with Gasteiger partial charge in [0.05, 0.1) is 17.8 Å². The summed E-state index contributed by atoms with van der Waals surface area (Å²) < 4.78 is 36.1. The Hall–Kier alpha value is -3.56. The summed E-state index contributed by atoms with van der Waals surface area (Å²) in [6.07, 6.45) is 0.714. The molecule has 2 aromatic carbocycles. The quantitative estimate of drug-likeness (QED) is 0.489. The molecule has 38 heavy (non-hydrogen) atoms. The number of amides is 1. The fourth-order valence-corrected chi connectivity index (χ4v) is 5.51. The maximum Gasteiger partial charge on any atom is 0.254 e. The maximum absolute atomic E-state index is 15.2. The number of pyridine rings is 1. The zero-order valence-corrected chi connectivity index (χ0v) is 22.1. The van der Waals surface area contributed by atoms with Crippen LogP contribution in [0.4, 0.5) is 20.3 Å². The second kappa shape index (κ2) is 10.3. The minimum absolute atomic E-state index is 0.0349. The van der Waals surface area contributed by atoms with Crippen LogP contribution in [-0.2, 0) is 17.7 Å². The fraction of sp³-hybridized carbons (Fsp3) is 0.379. The largest absolute Gasteiger partial charge is 0.383 e. The molecule has 0 spiro atoms. The van der Waals surface area contributed by atoms with E-state index in [-0.39, 0.29) is 29.2 Å². The molecule has 0 radical (unpaired) electrons. The molecule has 2 atom stereocenters. The van der Waals surface area contributed by atoms with Crippen LogP contribution < -0.4 is 16.0 Å². The number of ether oxygens (including phenoxy) is 1. The van der Waals surface area contributed by atoms with Crippen molar-refractivity contribution < 1.29 is 18.3 Å². The SMILES string of the molecule is C[C@@H]1CN(c2ccc(-c3cc(-c4cc(F)c5c(c4)CCNC5=O)c(N)nc3F)cc2CN(C)C)C[C@H](C)O1. The number of rotatable bonds is 5. The number of nitrogens with one attached hydrogen (secondary N) is 1. The Balaban J connectivity index is 1.58. The van der Waals surface area contributed by atoms with Gasteiger partial charge in [-0.1, -0.05) is 6.07 Å². The van der Waals surface area contributed by atoms with E-state index in [9.17, 15) is 9.18 Å². The first-order valence-electron chi connectivity index (χ1n) is 12.9. The van der Waals surface area contributed by atoms with Crippen LogP contribution in [0.25, 0.3) is 22.3 Å². The Morgan fingerprint density at radius 3 is 2.53 bits per heavy atom. The Morgan fingerprint density at radius 2 is 1.82 bits per heavy atom. The van der Waals surface area contributed by atoms with Crippen molar-refractivity contribution in [2.24, 2.45) is 0 Å². The summed E-state index contributed by atoms with van der Waals surface area (Å²) in [6, 6.07) is 10.5. The number of benzene rings is 2. The molecule has 2 aliphatic rings. The predicted molar refractivity (Wildman–Crippen MR) is 145 cm³/mol. The standard InChI is InChI=1S/C29H33F2N5O2/c1-16-13-36(14-17(2)38-16)25-6-5-18(9-21(25)15-35(3)4)22-12-23(28(32)34-27(22)31)20-10-19-7-8-33-29(37)26(19)24(30)11-20/h5-6,9-12,16-17H,7-8,13-15H2,1-4H3,(H2,32,34)(H,33,37)/t16-,17+. The summed E-state index contributed by atoms with van der Waals surface area (Å²) >= 11 is 0. The summed E-state index contributed by atoms with van der Waals surface area (Å²) in [5.74, 6) is -1.79. The van der Waals surface area contributed by atoms with E-state index in [0.29, 0.717) is 41.8 Å². The lowest BCUT2D eigenvalue weighted by Crippen LogP contribution is -2.46. The van der Waals surface area contributed by atoms with Crippen LogP contribution in [0.3, 0.4) is 0 Å². The highest BCUT2D eigenvalue weighted by atomic mass is 19.1. The van der Waals surface area contributed by atoms with E-state index >= 15 is 4.39 Å². The first-order chi connectivity index (χ1) is 18.1. The van der Waals surface area contributed by atoms with E-state index in [4.69, 9.17) is 10.5 Å². The van der Waals surface area contributed by atoms with Gasteiger partial charge < -0.3 is 25.6 Å². The van der Waals surface area contributed by atoms with Gasteiger partial charge in [-0.05, 0) is 86.9 Å². The van der Waals surface area contributed by atoms with E-state index < -0.39 is 17.7 Å². The average Bonchev–Trinajstić information content (AvgIpc) is 2.83. The maximum atomic E-state index is 15.2. The Labute approximate surface area is 221 Å². The van der Waals surface area contributed by atoms with Crippen LogP contribution in [0, 0.1) is 11.8 Å². The third-order valence-corrected chi connectivity index (χ3v) is 7.03. The van der Waals surface area contributed by atoms with Crippen LogP contribution in [0.2, 0.25) is 0 Å². The van der Waals surface area contributed by atoms with Gasteiger partial charge in [-0.15, -0.1) is 0 Å². The first kappa shape index (κ1) is 26.1. The Kier molecular flexibility index (Phi) is 7.07. The molecule has 3 N–H and O–H groups in total. The summed E-state index contributed by atoms with van der Waals surface area (Å²) in [6.45, 7) is 6.77. The number of nitrogens with zero attached hydrogens (tertiary/aromatic N) is 3. The van der Waals surface area contributed by atoms with Crippen LogP contribution in [0.5, 0.6) is 0 Å². The van der Waals surface area contributed by atoms with Crippen molar-refractivity contribution in [2.45, 2.75) is 39.0 Å². The molecule has 0 unspecified atom stereocenters. The van der Waals surface area contributed by atoms with Gasteiger partial charge in [0.2, 0.25) is 5.95 Å². The van der Waals surface area contributed by atoms with Gasteiger partial charge in [0.1, 0.15) is 11.6 Å². The lowest BCUT2D eigenvalue weighted by Gasteiger charge is -2.38. The molecule has 3 aromatic rings. The predicted octanol–water partition coefficient (Wildman–Crippen LogP) is 4.24. The van der Waals surface area contributed by atoms with Gasteiger partial charge >= 0.3 is 0 Å². The molecular formula is C29H33F2N5O2. The molecule has 2 aliphatic heterocycles. The van der Waals surface area contributed by atoms with E-state index in [1.54, 1.807) is 12.1 Å². The van der Waals surface area contributed by atoms with Crippen molar-refractivity contribution in [3.63, 3.8) is 0 Å². The highest BCUT2D eigenvalue weighted by Crippen LogP contribution is 2.36. The molecule has 1 fully saturated rings. The third-order valence-electron chi connectivity index (χ3n) is 7.03. The zero-order chi connectivity index (χ0) is 27.1. The zero-order valence-electron chi connectivity index (χ0n) is 22.1. The number of hydrogen-bond acceptors (Lipinski definition) is 6. The van der Waals surface area contributed by atoms with Crippen molar-refractivity contribution in [3.05, 3.63) is 64.9 Å². The minimum Gasteiger partial charge on any atom is -0.383 e. The number of morpholine rings is 1. The van der Waals surface area contributed by atoms with Crippen LogP contribution in [0.1, 0.15) is 35.3 Å². The Morgan fingerprint density at radius 1 is 1.08 bits per heavy atom. The molecule has 5 rings (SSSR count). The number of anilines is 2. The minimum atomic E-state index is -0.693. The van der Waals surface area contributed by atoms with E-state index in [1.165, 1.54) is 6.07 Å². The fourth-order valence-electron chi connectivity index (χ4n) is 5.51. The summed E-state index contributed by atoms with van der Waals surface area (Å²) in [4.78, 5) is 20.5. The van der Waals surface area contributed by atoms with Gasteiger partial charge in [0, 0.05) is 43.0 Å². The van der Waals surface area contributed by atoms with Crippen molar-refractivity contribution in [1.29, 1.82) is 0 Å². The van der Waals surface area contributed by atoms with Crippen molar-refractivity contribution >= 4 is 17.4 Å². The van der Waals surface area contributed by atoms with Crippen LogP contribution in [0.15, 0.2) is 36.4 Å². The number of aromatic nitrogens is 1. The van der Waals surface area contributed by atoms with Gasteiger partial charge in [0.15, 0.2) is 0 Å². The van der Waals surface area contributed by atoms with E-state index in [2.05, 4.69) is 33.9 Å². The lowest BCUT2D eigenvalue weighted by molar-refractivity contribution is -0.00528. The topological polar surface area (TPSA) is 83.7 Å². The molecule has 7 nitrogen and oxygen atoms in total. The van der Waals surface area contributed by atoms with Crippen LogP contribution >= 0.6 is 0 Å². The summed E-state index contributed by atoms with van der Waals surface area (Å²) in [7, 11) is 3.99. The van der Waals surface area contributed by atoms with Gasteiger partial charge in [-0.3, -0.25) is 4.79 Å². The number of nitrogen functional groups attached to an aromatic ring is 1. The lowest BCUT2D eigenvalue weighted by atomic mass is 9.93. The number of carbonyl (C=O) groups excluding carboxylic acids is 1. The number of carbonyl (C=O) groups is 1. The first-order valence-corrected chi connectivity index (χ1v) is 12.9. The van der Waals surface area contributed by atoms with E-state index in [0.717, 1.165) is 24.3 Å².